The van der Waals surface area contributed by atoms with Crippen molar-refractivity contribution in [3.63, 3.8) is 0 Å². The molecule has 0 aromatic heterocycles. The number of hydrogen-bond donors (Lipinski definition) is 0. The van der Waals surface area contributed by atoms with Crippen LogP contribution in [-0.2, 0) is 0 Å². The molecule has 0 nitrogen and oxygen atoms in total. The molecule has 0 fully saturated rings. The van der Waals surface area contributed by atoms with Gasteiger partial charge in [0.1, 0.15) is 0 Å². The van der Waals surface area contributed by atoms with Crippen molar-refractivity contribution in [2.45, 2.75) is 46.4 Å². The molecule has 0 bridgehead atoms. The van der Waals surface area contributed by atoms with Crippen LogP contribution in [0, 0.1) is 11.3 Å². The van der Waals surface area contributed by atoms with Crippen LogP contribution in [0.15, 0.2) is 0 Å². The summed E-state index contributed by atoms with van der Waals surface area (Å²) in [7, 11) is 0. The summed E-state index contributed by atoms with van der Waals surface area (Å²) >= 11 is 6.17. The van der Waals surface area contributed by atoms with Gasteiger partial charge in [-0.1, -0.05) is 27.7 Å². The highest BCUT2D eigenvalue weighted by Crippen LogP contribution is 2.37. The smallest absolute Gasteiger partial charge is 0.0421 e. The quantitative estimate of drug-likeness (QED) is 0.516. The Morgan fingerprint density at radius 2 is 1.30 bits per heavy atom. The van der Waals surface area contributed by atoms with Crippen molar-refractivity contribution < 1.29 is 0 Å². The van der Waals surface area contributed by atoms with Crippen molar-refractivity contribution in [1.29, 1.82) is 0 Å². The van der Waals surface area contributed by atoms with Crippen molar-refractivity contribution in [2.75, 3.05) is 0 Å². The lowest BCUT2D eigenvalue weighted by atomic mass is 9.75. The first-order valence-electron chi connectivity index (χ1n) is 3.84. The van der Waals surface area contributed by atoms with E-state index in [1.54, 1.807) is 0 Å². The molecule has 0 aliphatic rings. The maximum Gasteiger partial charge on any atom is 0.0421 e. The summed E-state index contributed by atoms with van der Waals surface area (Å²) in [6, 6.07) is 0. The lowest BCUT2D eigenvalue weighted by Gasteiger charge is -2.36. The van der Waals surface area contributed by atoms with Gasteiger partial charge in [-0.25, -0.2) is 0 Å². The predicted octanol–water partition coefficient (Wildman–Crippen LogP) is 3.69. The third-order valence-electron chi connectivity index (χ3n) is 2.33. The Labute approximate surface area is 70.0 Å². The topological polar surface area (TPSA) is 0 Å². The van der Waals surface area contributed by atoms with E-state index in [-0.39, 0.29) is 4.87 Å². The van der Waals surface area contributed by atoms with Gasteiger partial charge in [-0.2, -0.15) is 0 Å². The highest BCUT2D eigenvalue weighted by atomic mass is 35.5. The third-order valence-corrected chi connectivity index (χ3v) is 2.66. The van der Waals surface area contributed by atoms with Gasteiger partial charge in [0.2, 0.25) is 0 Å². The lowest BCUT2D eigenvalue weighted by Crippen LogP contribution is -2.32. The first kappa shape index (κ1) is 10.3. The van der Waals surface area contributed by atoms with Gasteiger partial charge in [-0.3, -0.25) is 0 Å². The Bertz CT molecular complexity index is 88.9. The largest absolute Gasteiger partial charge is 0.120 e. The standard InChI is InChI=1S/C9H19Cl/c1-7(8(2,3)4)9(5,6)10/h7H,1-6H3. The number of halogens is 1. The maximum atomic E-state index is 6.17. The van der Waals surface area contributed by atoms with Crippen LogP contribution in [0.25, 0.3) is 0 Å². The Morgan fingerprint density at radius 3 is 1.30 bits per heavy atom. The zero-order valence-corrected chi connectivity index (χ0v) is 8.71. The zero-order chi connectivity index (χ0) is 8.58. The average molecular weight is 163 g/mol. The number of alkyl halides is 1. The minimum Gasteiger partial charge on any atom is -0.120 e. The molecule has 0 heterocycles. The van der Waals surface area contributed by atoms with Crippen LogP contribution in [0.3, 0.4) is 0 Å². The molecule has 0 aromatic rings. The molecule has 0 aromatic carbocycles. The molecule has 0 rings (SSSR count). The molecule has 10 heavy (non-hydrogen) atoms. The van der Waals surface area contributed by atoms with Crippen LogP contribution in [0.2, 0.25) is 0 Å². The molecule has 62 valence electrons. The van der Waals surface area contributed by atoms with Gasteiger partial charge in [-0.15, -0.1) is 11.6 Å². The molecule has 0 aliphatic carbocycles. The number of rotatable bonds is 1. The summed E-state index contributed by atoms with van der Waals surface area (Å²) in [6.45, 7) is 13.0. The Hall–Kier alpha value is 0.290. The van der Waals surface area contributed by atoms with Gasteiger partial charge in [0.25, 0.3) is 0 Å². The molecule has 0 aliphatic heterocycles. The van der Waals surface area contributed by atoms with Crippen molar-refractivity contribution in [3.05, 3.63) is 0 Å². The van der Waals surface area contributed by atoms with Crippen LogP contribution >= 0.6 is 11.6 Å². The second-order valence-corrected chi connectivity index (χ2v) is 5.63. The van der Waals surface area contributed by atoms with Gasteiger partial charge in [0.05, 0.1) is 0 Å². The lowest BCUT2D eigenvalue weighted by molar-refractivity contribution is 0.215. The molecule has 0 amide bonds. The Balaban J connectivity index is 4.23. The van der Waals surface area contributed by atoms with E-state index in [1.165, 1.54) is 0 Å². The minimum atomic E-state index is -0.0851. The highest BCUT2D eigenvalue weighted by molar-refractivity contribution is 6.23. The van der Waals surface area contributed by atoms with E-state index >= 15 is 0 Å². The monoisotopic (exact) mass is 162 g/mol. The van der Waals surface area contributed by atoms with Gasteiger partial charge in [-0.05, 0) is 25.2 Å². The SMILES string of the molecule is CC(C(C)(C)C)C(C)(C)Cl. The average Bonchev–Trinajstić information content (AvgIpc) is 1.59. The highest BCUT2D eigenvalue weighted by Gasteiger charge is 2.32. The van der Waals surface area contributed by atoms with Crippen LogP contribution in [0.4, 0.5) is 0 Å². The van der Waals surface area contributed by atoms with Gasteiger partial charge >= 0.3 is 0 Å². The van der Waals surface area contributed by atoms with Crippen LogP contribution in [0.5, 0.6) is 0 Å². The van der Waals surface area contributed by atoms with Crippen molar-refractivity contribution in [3.8, 4) is 0 Å². The van der Waals surface area contributed by atoms with Crippen LogP contribution < -0.4 is 0 Å². The minimum absolute atomic E-state index is 0.0851. The third kappa shape index (κ3) is 2.92. The molecular weight excluding hydrogens is 144 g/mol. The first-order chi connectivity index (χ1) is 4.15. The van der Waals surface area contributed by atoms with Gasteiger partial charge < -0.3 is 0 Å². The zero-order valence-electron chi connectivity index (χ0n) is 7.96. The second-order valence-electron chi connectivity index (χ2n) is 4.65. The number of hydrogen-bond acceptors (Lipinski definition) is 0. The molecule has 0 saturated heterocycles. The molecular formula is C9H19Cl. The fraction of sp³-hybridized carbons (Fsp3) is 1.00. The predicted molar refractivity (Wildman–Crippen MR) is 48.6 cm³/mol. The van der Waals surface area contributed by atoms with E-state index in [1.807, 2.05) is 0 Å². The summed E-state index contributed by atoms with van der Waals surface area (Å²) < 4.78 is 0. The fourth-order valence-corrected chi connectivity index (χ4v) is 1.36. The molecule has 1 unspecified atom stereocenters. The van der Waals surface area contributed by atoms with E-state index in [0.717, 1.165) is 0 Å². The fourth-order valence-electron chi connectivity index (χ4n) is 1.03. The van der Waals surface area contributed by atoms with Crippen molar-refractivity contribution >= 4 is 11.6 Å². The summed E-state index contributed by atoms with van der Waals surface area (Å²) in [4.78, 5) is -0.0851. The van der Waals surface area contributed by atoms with E-state index in [9.17, 15) is 0 Å². The van der Waals surface area contributed by atoms with Crippen molar-refractivity contribution in [1.82, 2.24) is 0 Å². The second kappa shape index (κ2) is 2.73. The summed E-state index contributed by atoms with van der Waals surface area (Å²) in [5.74, 6) is 0.529. The van der Waals surface area contributed by atoms with Crippen LogP contribution in [0.1, 0.15) is 41.5 Å². The first-order valence-corrected chi connectivity index (χ1v) is 4.22. The summed E-state index contributed by atoms with van der Waals surface area (Å²) in [5, 5.41) is 0. The van der Waals surface area contributed by atoms with E-state index in [2.05, 4.69) is 41.5 Å². The van der Waals surface area contributed by atoms with Crippen LogP contribution in [-0.4, -0.2) is 4.87 Å². The van der Waals surface area contributed by atoms with Crippen molar-refractivity contribution in [2.24, 2.45) is 11.3 Å². The van der Waals surface area contributed by atoms with E-state index < -0.39 is 0 Å². The molecule has 0 saturated carbocycles. The normalized spacial score (nSPS) is 17.1. The van der Waals surface area contributed by atoms with Gasteiger partial charge in [0, 0.05) is 4.87 Å². The molecule has 0 N–H and O–H groups in total. The van der Waals surface area contributed by atoms with Gasteiger partial charge in [0.15, 0.2) is 0 Å². The molecule has 0 radical (unpaired) electrons. The molecule has 1 heteroatoms. The Morgan fingerprint density at radius 1 is 1.00 bits per heavy atom. The van der Waals surface area contributed by atoms with E-state index in [4.69, 9.17) is 11.6 Å². The summed E-state index contributed by atoms with van der Waals surface area (Å²) in [6.07, 6.45) is 0. The van der Waals surface area contributed by atoms with E-state index in [0.29, 0.717) is 11.3 Å². The molecule has 1 atom stereocenters. The summed E-state index contributed by atoms with van der Waals surface area (Å²) in [5.41, 5.74) is 0.311. The maximum absolute atomic E-state index is 6.17. The Kier molecular flexibility index (Phi) is 2.81. The molecule has 0 spiro atoms.